The molecule has 2 rings (SSSR count). The minimum Gasteiger partial charge on any atom is -0.476 e. The molecule has 15 heavy (non-hydrogen) atoms. The standard InChI is InChI=1S/C9H10BrNO3S/c1-4-2-3-5(14-4)7-6(8(12)13)11-9(10)15-7/h4-5H,2-3H2,1H3,(H,12,13). The van der Waals surface area contributed by atoms with E-state index >= 15 is 0 Å². The third-order valence-corrected chi connectivity index (χ3v) is 3.95. The smallest absolute Gasteiger partial charge is 0.355 e. The van der Waals surface area contributed by atoms with Crippen molar-refractivity contribution in [2.45, 2.75) is 32.0 Å². The first-order valence-corrected chi connectivity index (χ1v) is 6.24. The number of carboxylic acids is 1. The van der Waals surface area contributed by atoms with Gasteiger partial charge in [0.15, 0.2) is 9.61 Å². The summed E-state index contributed by atoms with van der Waals surface area (Å²) in [4.78, 5) is 15.6. The Hall–Kier alpha value is -0.460. The van der Waals surface area contributed by atoms with Crippen molar-refractivity contribution in [1.82, 2.24) is 4.98 Å². The number of thiazole rings is 1. The Bertz CT molecular complexity index is 393. The molecule has 2 atom stereocenters. The van der Waals surface area contributed by atoms with Crippen molar-refractivity contribution in [3.05, 3.63) is 14.5 Å². The Labute approximate surface area is 99.4 Å². The zero-order chi connectivity index (χ0) is 11.0. The Morgan fingerprint density at radius 2 is 2.40 bits per heavy atom. The molecule has 1 aromatic heterocycles. The zero-order valence-electron chi connectivity index (χ0n) is 8.07. The zero-order valence-corrected chi connectivity index (χ0v) is 10.5. The highest BCUT2D eigenvalue weighted by Crippen LogP contribution is 2.38. The van der Waals surface area contributed by atoms with E-state index < -0.39 is 5.97 Å². The maximum absolute atomic E-state index is 10.9. The van der Waals surface area contributed by atoms with Gasteiger partial charge >= 0.3 is 5.97 Å². The Balaban J connectivity index is 2.30. The van der Waals surface area contributed by atoms with Crippen LogP contribution in [0.1, 0.15) is 41.2 Å². The number of nitrogens with zero attached hydrogens (tertiary/aromatic N) is 1. The number of aromatic carboxylic acids is 1. The SMILES string of the molecule is CC1CCC(c2sc(Br)nc2C(=O)O)O1. The average Bonchev–Trinajstić information content (AvgIpc) is 2.71. The molecule has 0 amide bonds. The molecule has 1 aliphatic heterocycles. The fraction of sp³-hybridized carbons (Fsp3) is 0.556. The molecular formula is C9H10BrNO3S. The lowest BCUT2D eigenvalue weighted by atomic mass is 10.1. The molecule has 1 saturated heterocycles. The van der Waals surface area contributed by atoms with Crippen LogP contribution in [0.5, 0.6) is 0 Å². The molecule has 1 N–H and O–H groups in total. The molecule has 82 valence electrons. The third-order valence-electron chi connectivity index (χ3n) is 2.35. The van der Waals surface area contributed by atoms with Gasteiger partial charge < -0.3 is 9.84 Å². The second-order valence-corrected chi connectivity index (χ2v) is 5.80. The predicted molar refractivity (Wildman–Crippen MR) is 59.3 cm³/mol. The summed E-state index contributed by atoms with van der Waals surface area (Å²) >= 11 is 4.54. The minimum atomic E-state index is -0.991. The van der Waals surface area contributed by atoms with Crippen LogP contribution in [0.15, 0.2) is 3.92 Å². The van der Waals surface area contributed by atoms with Crippen molar-refractivity contribution in [2.75, 3.05) is 0 Å². The van der Waals surface area contributed by atoms with E-state index in [1.807, 2.05) is 6.92 Å². The minimum absolute atomic E-state index is 0.102. The van der Waals surface area contributed by atoms with Crippen molar-refractivity contribution >= 4 is 33.2 Å². The van der Waals surface area contributed by atoms with Crippen LogP contribution in [-0.4, -0.2) is 22.2 Å². The van der Waals surface area contributed by atoms with Crippen molar-refractivity contribution in [2.24, 2.45) is 0 Å². The Kier molecular flexibility index (Phi) is 3.08. The summed E-state index contributed by atoms with van der Waals surface area (Å²) in [6.07, 6.45) is 1.95. The molecule has 2 heterocycles. The number of hydrogen-bond donors (Lipinski definition) is 1. The number of carboxylic acid groups (broad SMARTS) is 1. The molecule has 6 heteroatoms. The Morgan fingerprint density at radius 3 is 2.93 bits per heavy atom. The summed E-state index contributed by atoms with van der Waals surface area (Å²) in [5.41, 5.74) is 0.117. The van der Waals surface area contributed by atoms with E-state index in [-0.39, 0.29) is 17.9 Å². The van der Waals surface area contributed by atoms with Crippen LogP contribution in [0.4, 0.5) is 0 Å². The Morgan fingerprint density at radius 1 is 1.67 bits per heavy atom. The normalized spacial score (nSPS) is 25.7. The molecule has 0 bridgehead atoms. The van der Waals surface area contributed by atoms with Gasteiger partial charge in [-0.15, -0.1) is 11.3 Å². The summed E-state index contributed by atoms with van der Waals surface area (Å²) in [5.74, 6) is -0.991. The van der Waals surface area contributed by atoms with Crippen LogP contribution in [0.3, 0.4) is 0 Å². The molecule has 2 unspecified atom stereocenters. The number of ether oxygens (including phenoxy) is 1. The number of carbonyl (C=O) groups is 1. The molecule has 0 saturated carbocycles. The molecule has 1 aliphatic rings. The summed E-state index contributed by atoms with van der Waals surface area (Å²) in [7, 11) is 0. The van der Waals surface area contributed by atoms with Crippen LogP contribution in [0, 0.1) is 0 Å². The van der Waals surface area contributed by atoms with Gasteiger partial charge in [-0.25, -0.2) is 9.78 Å². The van der Waals surface area contributed by atoms with Gasteiger partial charge in [-0.1, -0.05) is 0 Å². The maximum Gasteiger partial charge on any atom is 0.355 e. The molecule has 0 radical (unpaired) electrons. The molecule has 0 aromatic carbocycles. The molecule has 4 nitrogen and oxygen atoms in total. The van der Waals surface area contributed by atoms with E-state index in [0.29, 0.717) is 3.92 Å². The number of halogens is 1. The van der Waals surface area contributed by atoms with Gasteiger partial charge in [-0.05, 0) is 35.7 Å². The topological polar surface area (TPSA) is 59.4 Å². The second-order valence-electron chi connectivity index (χ2n) is 3.50. The first kappa shape index (κ1) is 11.0. The predicted octanol–water partition coefficient (Wildman–Crippen LogP) is 2.84. The molecule has 0 spiro atoms. The second kappa shape index (κ2) is 4.19. The number of hydrogen-bond acceptors (Lipinski definition) is 4. The van der Waals surface area contributed by atoms with Gasteiger partial charge in [0, 0.05) is 0 Å². The summed E-state index contributed by atoms with van der Waals surface area (Å²) in [6, 6.07) is 0. The largest absolute Gasteiger partial charge is 0.476 e. The van der Waals surface area contributed by atoms with E-state index in [4.69, 9.17) is 9.84 Å². The fourth-order valence-electron chi connectivity index (χ4n) is 1.67. The third kappa shape index (κ3) is 2.21. The van der Waals surface area contributed by atoms with Crippen molar-refractivity contribution in [3.8, 4) is 0 Å². The lowest BCUT2D eigenvalue weighted by Gasteiger charge is -2.08. The molecule has 1 aromatic rings. The van der Waals surface area contributed by atoms with Gasteiger partial charge in [0.25, 0.3) is 0 Å². The van der Waals surface area contributed by atoms with Gasteiger partial charge in [0.1, 0.15) is 0 Å². The highest BCUT2D eigenvalue weighted by molar-refractivity contribution is 9.11. The quantitative estimate of drug-likeness (QED) is 0.910. The van der Waals surface area contributed by atoms with Gasteiger partial charge in [-0.3, -0.25) is 0 Å². The molecule has 0 aliphatic carbocycles. The van der Waals surface area contributed by atoms with Crippen LogP contribution >= 0.6 is 27.3 Å². The highest BCUT2D eigenvalue weighted by Gasteiger charge is 2.30. The monoisotopic (exact) mass is 291 g/mol. The first-order valence-electron chi connectivity index (χ1n) is 4.63. The lowest BCUT2D eigenvalue weighted by molar-refractivity contribution is 0.0539. The van der Waals surface area contributed by atoms with E-state index in [9.17, 15) is 4.79 Å². The van der Waals surface area contributed by atoms with E-state index in [0.717, 1.165) is 17.7 Å². The first-order chi connectivity index (χ1) is 7.08. The van der Waals surface area contributed by atoms with Crippen molar-refractivity contribution < 1.29 is 14.6 Å². The van der Waals surface area contributed by atoms with Gasteiger partial charge in [0.2, 0.25) is 0 Å². The van der Waals surface area contributed by atoms with Crippen LogP contribution in [0.2, 0.25) is 0 Å². The summed E-state index contributed by atoms with van der Waals surface area (Å²) in [6.45, 7) is 2.00. The van der Waals surface area contributed by atoms with Crippen molar-refractivity contribution in [3.63, 3.8) is 0 Å². The van der Waals surface area contributed by atoms with Crippen molar-refractivity contribution in [1.29, 1.82) is 0 Å². The number of rotatable bonds is 2. The molecule has 1 fully saturated rings. The van der Waals surface area contributed by atoms with E-state index in [2.05, 4.69) is 20.9 Å². The lowest BCUT2D eigenvalue weighted by Crippen LogP contribution is -2.06. The van der Waals surface area contributed by atoms with Crippen LogP contribution in [-0.2, 0) is 4.74 Å². The maximum atomic E-state index is 10.9. The summed E-state index contributed by atoms with van der Waals surface area (Å²) in [5, 5.41) is 8.97. The average molecular weight is 292 g/mol. The summed E-state index contributed by atoms with van der Waals surface area (Å²) < 4.78 is 6.23. The molecular weight excluding hydrogens is 282 g/mol. The van der Waals surface area contributed by atoms with Gasteiger partial charge in [0.05, 0.1) is 17.1 Å². The van der Waals surface area contributed by atoms with Gasteiger partial charge in [-0.2, -0.15) is 0 Å². The van der Waals surface area contributed by atoms with Crippen LogP contribution in [0.25, 0.3) is 0 Å². The van der Waals surface area contributed by atoms with Crippen LogP contribution < -0.4 is 0 Å². The van der Waals surface area contributed by atoms with E-state index in [1.54, 1.807) is 0 Å². The fourth-order valence-corrected chi connectivity index (χ4v) is 3.23. The number of aromatic nitrogens is 1. The van der Waals surface area contributed by atoms with E-state index in [1.165, 1.54) is 11.3 Å². The highest BCUT2D eigenvalue weighted by atomic mass is 79.9.